The first-order valence-corrected chi connectivity index (χ1v) is 8.13. The summed E-state index contributed by atoms with van der Waals surface area (Å²) in [5.74, 6) is -0.317. The normalized spacial score (nSPS) is 12.2. The van der Waals surface area contributed by atoms with E-state index < -0.39 is 11.2 Å². The van der Waals surface area contributed by atoms with Crippen molar-refractivity contribution >= 4 is 5.71 Å². The van der Waals surface area contributed by atoms with Gasteiger partial charge in [-0.1, -0.05) is 20.8 Å². The van der Waals surface area contributed by atoms with Crippen molar-refractivity contribution in [1.82, 2.24) is 14.0 Å². The fourth-order valence-electron chi connectivity index (χ4n) is 2.50. The molecule has 0 aliphatic rings. The van der Waals surface area contributed by atoms with Crippen LogP contribution in [-0.4, -0.2) is 51.0 Å². The lowest BCUT2D eigenvalue weighted by molar-refractivity contribution is 0.302. The molecular formula is C16H28N4O3. The van der Waals surface area contributed by atoms with Crippen molar-refractivity contribution in [2.75, 3.05) is 26.2 Å². The van der Waals surface area contributed by atoms with Gasteiger partial charge in [0.25, 0.3) is 5.56 Å². The van der Waals surface area contributed by atoms with E-state index in [1.54, 1.807) is 0 Å². The van der Waals surface area contributed by atoms with E-state index >= 15 is 0 Å². The number of aromatic nitrogens is 2. The molecule has 0 spiro atoms. The quantitative estimate of drug-likeness (QED) is 0.564. The van der Waals surface area contributed by atoms with Gasteiger partial charge in [-0.25, -0.2) is 4.79 Å². The number of rotatable bonds is 8. The van der Waals surface area contributed by atoms with E-state index in [1.165, 1.54) is 14.1 Å². The van der Waals surface area contributed by atoms with Gasteiger partial charge in [0.15, 0.2) is 0 Å². The lowest BCUT2D eigenvalue weighted by Crippen LogP contribution is -2.40. The van der Waals surface area contributed by atoms with Crippen molar-refractivity contribution in [2.45, 2.75) is 33.6 Å². The van der Waals surface area contributed by atoms with Gasteiger partial charge in [-0.05, 0) is 32.5 Å². The zero-order valence-electron chi connectivity index (χ0n) is 14.8. The topological polar surface area (TPSA) is 79.8 Å². The van der Waals surface area contributed by atoms with Crippen LogP contribution in [0.4, 0.5) is 0 Å². The summed E-state index contributed by atoms with van der Waals surface area (Å²) < 4.78 is 2.06. The average molecular weight is 324 g/mol. The van der Waals surface area contributed by atoms with Crippen molar-refractivity contribution in [1.29, 1.82) is 0 Å². The third-order valence-corrected chi connectivity index (χ3v) is 4.09. The van der Waals surface area contributed by atoms with Crippen molar-refractivity contribution in [3.63, 3.8) is 0 Å². The van der Waals surface area contributed by atoms with E-state index in [-0.39, 0.29) is 11.4 Å². The summed E-state index contributed by atoms with van der Waals surface area (Å²) in [6.45, 7) is 9.67. The highest BCUT2D eigenvalue weighted by Gasteiger charge is 2.18. The van der Waals surface area contributed by atoms with Gasteiger partial charge in [0.05, 0.1) is 5.71 Å². The Morgan fingerprint density at radius 2 is 1.74 bits per heavy atom. The second-order valence-corrected chi connectivity index (χ2v) is 5.47. The van der Waals surface area contributed by atoms with Gasteiger partial charge in [0.1, 0.15) is 5.56 Å². The molecule has 0 unspecified atom stereocenters. The second-order valence-electron chi connectivity index (χ2n) is 5.47. The standard InChI is InChI=1S/C16H28N4O3/c1-6-12(17-10-9-11-20(7-2)8-3)13-14(21)18(4)16(23)19(5)15(13)22/h21H,6-11H2,1-5H3. The molecule has 7 nitrogen and oxygen atoms in total. The summed E-state index contributed by atoms with van der Waals surface area (Å²) >= 11 is 0. The molecule has 1 aromatic heterocycles. The molecule has 130 valence electrons. The van der Waals surface area contributed by atoms with E-state index in [0.717, 1.165) is 35.2 Å². The summed E-state index contributed by atoms with van der Waals surface area (Å²) in [6, 6.07) is 0. The van der Waals surface area contributed by atoms with Crippen LogP contribution >= 0.6 is 0 Å². The largest absolute Gasteiger partial charge is 0.494 e. The van der Waals surface area contributed by atoms with Crippen LogP contribution < -0.4 is 11.2 Å². The molecule has 1 aromatic rings. The molecule has 1 heterocycles. The molecule has 0 aliphatic heterocycles. The zero-order valence-corrected chi connectivity index (χ0v) is 14.8. The molecule has 23 heavy (non-hydrogen) atoms. The first kappa shape index (κ1) is 19.2. The van der Waals surface area contributed by atoms with Crippen LogP contribution in [-0.2, 0) is 14.1 Å². The average Bonchev–Trinajstić information content (AvgIpc) is 2.56. The summed E-state index contributed by atoms with van der Waals surface area (Å²) in [5.41, 5.74) is -0.388. The Morgan fingerprint density at radius 1 is 1.13 bits per heavy atom. The molecule has 7 heteroatoms. The van der Waals surface area contributed by atoms with E-state index in [0.29, 0.717) is 18.7 Å². The van der Waals surface area contributed by atoms with E-state index in [9.17, 15) is 14.7 Å². The van der Waals surface area contributed by atoms with Crippen LogP contribution in [0.5, 0.6) is 5.88 Å². The van der Waals surface area contributed by atoms with Crippen molar-refractivity contribution < 1.29 is 5.11 Å². The smallest absolute Gasteiger partial charge is 0.333 e. The van der Waals surface area contributed by atoms with Crippen LogP contribution in [0.15, 0.2) is 14.6 Å². The highest BCUT2D eigenvalue weighted by atomic mass is 16.3. The Labute approximate surface area is 136 Å². The fraction of sp³-hybridized carbons (Fsp3) is 0.688. The summed E-state index contributed by atoms with van der Waals surface area (Å²) in [6.07, 6.45) is 1.41. The van der Waals surface area contributed by atoms with Gasteiger partial charge >= 0.3 is 5.69 Å². The Bertz CT molecular complexity index is 669. The van der Waals surface area contributed by atoms with E-state index in [2.05, 4.69) is 23.7 Å². The minimum atomic E-state index is -0.548. The lowest BCUT2D eigenvalue weighted by Gasteiger charge is -2.17. The Morgan fingerprint density at radius 3 is 2.26 bits per heavy atom. The highest BCUT2D eigenvalue weighted by molar-refractivity contribution is 6.01. The third-order valence-electron chi connectivity index (χ3n) is 4.09. The number of aromatic hydroxyl groups is 1. The minimum absolute atomic E-state index is 0.125. The molecular weight excluding hydrogens is 296 g/mol. The molecule has 0 aromatic carbocycles. The molecule has 0 radical (unpaired) electrons. The molecule has 0 fully saturated rings. The maximum Gasteiger partial charge on any atom is 0.333 e. The second kappa shape index (κ2) is 8.67. The SMILES string of the molecule is CCC(=NCCCN(CC)CC)c1c(O)n(C)c(=O)n(C)c1=O. The fourth-order valence-corrected chi connectivity index (χ4v) is 2.50. The minimum Gasteiger partial charge on any atom is -0.494 e. The first-order chi connectivity index (χ1) is 10.9. The Kier molecular flexibility index (Phi) is 7.22. The molecule has 0 bridgehead atoms. The first-order valence-electron chi connectivity index (χ1n) is 8.13. The monoisotopic (exact) mass is 324 g/mol. The molecule has 0 saturated carbocycles. The van der Waals surface area contributed by atoms with E-state index in [4.69, 9.17) is 0 Å². The molecule has 0 atom stereocenters. The lowest BCUT2D eigenvalue weighted by atomic mass is 10.1. The Balaban J connectivity index is 3.05. The van der Waals surface area contributed by atoms with Crippen molar-refractivity contribution in [3.05, 3.63) is 26.4 Å². The van der Waals surface area contributed by atoms with Gasteiger partial charge in [0, 0.05) is 20.6 Å². The van der Waals surface area contributed by atoms with Crippen molar-refractivity contribution in [3.8, 4) is 5.88 Å². The van der Waals surface area contributed by atoms with Crippen molar-refractivity contribution in [2.24, 2.45) is 19.1 Å². The van der Waals surface area contributed by atoms with Crippen LogP contribution in [0, 0.1) is 0 Å². The number of nitrogens with zero attached hydrogens (tertiary/aromatic N) is 4. The molecule has 0 aliphatic carbocycles. The van der Waals surface area contributed by atoms with Crippen LogP contribution in [0.25, 0.3) is 0 Å². The number of aliphatic imine (C=N–C) groups is 1. The van der Waals surface area contributed by atoms with Crippen LogP contribution in [0.3, 0.4) is 0 Å². The zero-order chi connectivity index (χ0) is 17.6. The summed E-state index contributed by atoms with van der Waals surface area (Å²) in [7, 11) is 2.84. The molecule has 0 amide bonds. The van der Waals surface area contributed by atoms with Gasteiger partial charge in [-0.15, -0.1) is 0 Å². The van der Waals surface area contributed by atoms with Crippen LogP contribution in [0.1, 0.15) is 39.2 Å². The number of hydrogen-bond acceptors (Lipinski definition) is 5. The summed E-state index contributed by atoms with van der Waals surface area (Å²) in [5, 5.41) is 10.2. The Hall–Kier alpha value is -1.89. The van der Waals surface area contributed by atoms with Gasteiger partial charge < -0.3 is 10.0 Å². The predicted molar refractivity (Wildman–Crippen MR) is 92.7 cm³/mol. The van der Waals surface area contributed by atoms with Gasteiger partial charge in [0.2, 0.25) is 5.88 Å². The highest BCUT2D eigenvalue weighted by Crippen LogP contribution is 2.12. The maximum absolute atomic E-state index is 12.3. The maximum atomic E-state index is 12.3. The molecule has 1 rings (SSSR count). The van der Waals surface area contributed by atoms with E-state index in [1.807, 2.05) is 6.92 Å². The molecule has 1 N–H and O–H groups in total. The summed E-state index contributed by atoms with van der Waals surface area (Å²) in [4.78, 5) is 30.9. The third kappa shape index (κ3) is 4.31. The van der Waals surface area contributed by atoms with Gasteiger partial charge in [-0.2, -0.15) is 0 Å². The number of hydrogen-bond donors (Lipinski definition) is 1. The predicted octanol–water partition coefficient (Wildman–Crippen LogP) is 0.721. The van der Waals surface area contributed by atoms with Crippen LogP contribution in [0.2, 0.25) is 0 Å². The molecule has 0 saturated heterocycles. The van der Waals surface area contributed by atoms with Gasteiger partial charge in [-0.3, -0.25) is 18.9 Å².